The summed E-state index contributed by atoms with van der Waals surface area (Å²) in [5.74, 6) is -0.525. The van der Waals surface area contributed by atoms with Crippen molar-refractivity contribution in [1.29, 1.82) is 0 Å². The summed E-state index contributed by atoms with van der Waals surface area (Å²) < 4.78 is 5.17. The van der Waals surface area contributed by atoms with Crippen LogP contribution in [0.1, 0.15) is 38.1 Å². The van der Waals surface area contributed by atoms with Crippen LogP contribution >= 0.6 is 0 Å². The molecule has 0 heterocycles. The van der Waals surface area contributed by atoms with E-state index >= 15 is 0 Å². The van der Waals surface area contributed by atoms with E-state index in [1.54, 1.807) is 53.4 Å². The third kappa shape index (κ3) is 4.85. The van der Waals surface area contributed by atoms with Crippen molar-refractivity contribution in [3.05, 3.63) is 54.1 Å². The summed E-state index contributed by atoms with van der Waals surface area (Å²) in [4.78, 5) is 26.1. The van der Waals surface area contributed by atoms with Crippen LogP contribution in [0.4, 0.5) is 0 Å². The summed E-state index contributed by atoms with van der Waals surface area (Å²) >= 11 is 0. The zero-order valence-corrected chi connectivity index (χ0v) is 15.6. The van der Waals surface area contributed by atoms with Crippen LogP contribution in [-0.4, -0.2) is 40.6 Å². The zero-order valence-electron chi connectivity index (χ0n) is 15.6. The van der Waals surface area contributed by atoms with Gasteiger partial charge in [0.15, 0.2) is 6.61 Å². The van der Waals surface area contributed by atoms with Crippen LogP contribution in [-0.2, 0) is 9.53 Å². The second kappa shape index (κ2) is 8.52. The molecule has 0 bridgehead atoms. The second-order valence-corrected chi connectivity index (χ2v) is 6.69. The average Bonchev–Trinajstić information content (AvgIpc) is 2.60. The van der Waals surface area contributed by atoms with Gasteiger partial charge >= 0.3 is 5.97 Å². The van der Waals surface area contributed by atoms with Crippen molar-refractivity contribution < 1.29 is 19.4 Å². The van der Waals surface area contributed by atoms with Crippen molar-refractivity contribution in [2.24, 2.45) is 0 Å². The first-order valence-electron chi connectivity index (χ1n) is 8.67. The number of amides is 1. The van der Waals surface area contributed by atoms with Crippen molar-refractivity contribution in [3.8, 4) is 16.9 Å². The Balaban J connectivity index is 1.99. The van der Waals surface area contributed by atoms with Gasteiger partial charge in [-0.15, -0.1) is 0 Å². The number of carbonyl (C=O) groups excluding carboxylic acids is 2. The minimum Gasteiger partial charge on any atom is -0.508 e. The Bertz CT molecular complexity index is 741. The molecule has 1 amide bonds. The van der Waals surface area contributed by atoms with Gasteiger partial charge in [0.05, 0.1) is 5.56 Å². The molecule has 0 fully saturated rings. The molecular weight excluding hydrogens is 330 g/mol. The average molecular weight is 355 g/mol. The first kappa shape index (κ1) is 19.5. The molecule has 0 aliphatic carbocycles. The normalized spacial score (nSPS) is 10.8. The molecule has 1 N–H and O–H groups in total. The highest BCUT2D eigenvalue weighted by molar-refractivity contribution is 5.92. The molecule has 5 nitrogen and oxygen atoms in total. The third-order valence-corrected chi connectivity index (χ3v) is 4.05. The number of phenolic OH excluding ortho intramolecular Hbond substituents is 1. The number of aromatic hydroxyl groups is 1. The Morgan fingerprint density at radius 1 is 0.885 bits per heavy atom. The first-order chi connectivity index (χ1) is 12.3. The van der Waals surface area contributed by atoms with Gasteiger partial charge in [-0.25, -0.2) is 4.79 Å². The standard InChI is InChI=1S/C21H25NO4/c1-14(2)22(15(3)4)20(24)13-26-21(25)18-7-5-16(6-8-18)17-9-11-19(23)12-10-17/h5-12,14-15,23H,13H2,1-4H3. The van der Waals surface area contributed by atoms with Gasteiger partial charge in [-0.1, -0.05) is 24.3 Å². The molecule has 138 valence electrons. The van der Waals surface area contributed by atoms with E-state index < -0.39 is 5.97 Å². The quantitative estimate of drug-likeness (QED) is 0.799. The molecule has 2 rings (SSSR count). The Morgan fingerprint density at radius 2 is 1.35 bits per heavy atom. The smallest absolute Gasteiger partial charge is 0.338 e. The number of hydrogen-bond acceptors (Lipinski definition) is 4. The van der Waals surface area contributed by atoms with E-state index in [0.29, 0.717) is 5.56 Å². The number of benzene rings is 2. The number of esters is 1. The highest BCUT2D eigenvalue weighted by Gasteiger charge is 2.21. The molecule has 0 spiro atoms. The summed E-state index contributed by atoms with van der Waals surface area (Å²) in [6, 6.07) is 13.9. The predicted octanol–water partition coefficient (Wildman–Crippen LogP) is 3.86. The van der Waals surface area contributed by atoms with Crippen LogP contribution in [0.3, 0.4) is 0 Å². The van der Waals surface area contributed by atoms with E-state index in [1.807, 2.05) is 27.7 Å². The lowest BCUT2D eigenvalue weighted by molar-refractivity contribution is -0.138. The van der Waals surface area contributed by atoms with Crippen LogP contribution in [0.2, 0.25) is 0 Å². The van der Waals surface area contributed by atoms with Gasteiger partial charge in [0.1, 0.15) is 5.75 Å². The number of phenols is 1. The van der Waals surface area contributed by atoms with Gasteiger partial charge < -0.3 is 14.7 Å². The lowest BCUT2D eigenvalue weighted by atomic mass is 10.0. The number of carbonyl (C=O) groups is 2. The highest BCUT2D eigenvalue weighted by Crippen LogP contribution is 2.22. The molecule has 0 aliphatic heterocycles. The maximum atomic E-state index is 12.3. The van der Waals surface area contributed by atoms with Gasteiger partial charge in [-0.05, 0) is 63.1 Å². The minimum atomic E-state index is -0.525. The highest BCUT2D eigenvalue weighted by atomic mass is 16.5. The molecular formula is C21H25NO4. The Morgan fingerprint density at radius 3 is 1.81 bits per heavy atom. The lowest BCUT2D eigenvalue weighted by Gasteiger charge is -2.30. The SMILES string of the molecule is CC(C)N(C(=O)COC(=O)c1ccc(-c2ccc(O)cc2)cc1)C(C)C. The third-order valence-electron chi connectivity index (χ3n) is 4.05. The van der Waals surface area contributed by atoms with E-state index in [1.165, 1.54) is 0 Å². The Labute approximate surface area is 154 Å². The molecule has 2 aromatic carbocycles. The number of rotatable bonds is 6. The fraction of sp³-hybridized carbons (Fsp3) is 0.333. The molecule has 0 radical (unpaired) electrons. The molecule has 0 saturated heterocycles. The van der Waals surface area contributed by atoms with Gasteiger partial charge in [0.2, 0.25) is 0 Å². The second-order valence-electron chi connectivity index (χ2n) is 6.69. The van der Waals surface area contributed by atoms with E-state index in [2.05, 4.69) is 0 Å². The van der Waals surface area contributed by atoms with Gasteiger partial charge in [-0.3, -0.25) is 4.79 Å². The van der Waals surface area contributed by atoms with E-state index in [4.69, 9.17) is 4.74 Å². The van der Waals surface area contributed by atoms with Crippen LogP contribution in [0.5, 0.6) is 5.75 Å². The monoisotopic (exact) mass is 355 g/mol. The van der Waals surface area contributed by atoms with Crippen LogP contribution in [0.15, 0.2) is 48.5 Å². The lowest BCUT2D eigenvalue weighted by Crippen LogP contribution is -2.44. The summed E-state index contributed by atoms with van der Waals surface area (Å²) in [5, 5.41) is 9.34. The maximum Gasteiger partial charge on any atom is 0.338 e. The van der Waals surface area contributed by atoms with Crippen LogP contribution in [0, 0.1) is 0 Å². The number of nitrogens with zero attached hydrogens (tertiary/aromatic N) is 1. The van der Waals surface area contributed by atoms with Crippen molar-refractivity contribution >= 4 is 11.9 Å². The largest absolute Gasteiger partial charge is 0.508 e. The molecule has 2 aromatic rings. The molecule has 0 unspecified atom stereocenters. The molecule has 0 atom stereocenters. The summed E-state index contributed by atoms with van der Waals surface area (Å²) in [6.45, 7) is 7.46. The van der Waals surface area contributed by atoms with Crippen molar-refractivity contribution in [2.75, 3.05) is 6.61 Å². The Kier molecular flexibility index (Phi) is 6.39. The summed E-state index contributed by atoms with van der Waals surface area (Å²) in [6.07, 6.45) is 0. The molecule has 0 aliphatic rings. The van der Waals surface area contributed by atoms with Crippen molar-refractivity contribution in [2.45, 2.75) is 39.8 Å². The van der Waals surface area contributed by atoms with Crippen LogP contribution < -0.4 is 0 Å². The number of hydrogen-bond donors (Lipinski definition) is 1. The van der Waals surface area contributed by atoms with E-state index in [0.717, 1.165) is 11.1 Å². The topological polar surface area (TPSA) is 66.8 Å². The molecule has 0 saturated carbocycles. The predicted molar refractivity (Wildman–Crippen MR) is 101 cm³/mol. The first-order valence-corrected chi connectivity index (χ1v) is 8.67. The van der Waals surface area contributed by atoms with Crippen molar-refractivity contribution in [3.63, 3.8) is 0 Å². The van der Waals surface area contributed by atoms with E-state index in [-0.39, 0.29) is 30.3 Å². The van der Waals surface area contributed by atoms with Gasteiger partial charge in [-0.2, -0.15) is 0 Å². The van der Waals surface area contributed by atoms with Gasteiger partial charge in [0, 0.05) is 12.1 Å². The van der Waals surface area contributed by atoms with Crippen molar-refractivity contribution in [1.82, 2.24) is 4.90 Å². The number of ether oxygens (including phenoxy) is 1. The zero-order chi connectivity index (χ0) is 19.3. The molecule has 5 heteroatoms. The maximum absolute atomic E-state index is 12.3. The molecule has 0 aromatic heterocycles. The summed E-state index contributed by atoms with van der Waals surface area (Å²) in [7, 11) is 0. The summed E-state index contributed by atoms with van der Waals surface area (Å²) in [5.41, 5.74) is 2.24. The Hall–Kier alpha value is -2.82. The minimum absolute atomic E-state index is 0.0470. The molecule has 26 heavy (non-hydrogen) atoms. The van der Waals surface area contributed by atoms with Crippen LogP contribution in [0.25, 0.3) is 11.1 Å². The fourth-order valence-corrected chi connectivity index (χ4v) is 2.91. The van der Waals surface area contributed by atoms with E-state index in [9.17, 15) is 14.7 Å². The fourth-order valence-electron chi connectivity index (χ4n) is 2.91. The van der Waals surface area contributed by atoms with Gasteiger partial charge in [0.25, 0.3) is 5.91 Å².